The molecule has 0 aliphatic heterocycles. The molecule has 8 nitrogen and oxygen atoms in total. The first-order valence-electron chi connectivity index (χ1n) is 5.99. The van der Waals surface area contributed by atoms with Crippen LogP contribution >= 0.6 is 0 Å². The lowest BCUT2D eigenvalue weighted by Gasteiger charge is -2.07. The number of hydrogen-bond donors (Lipinski definition) is 2. The number of para-hydroxylation sites is 1. The number of nitrogens with zero attached hydrogens (tertiary/aromatic N) is 3. The molecule has 0 fully saturated rings. The number of benzene rings is 1. The number of nitro benzene ring substituents is 1. The van der Waals surface area contributed by atoms with Gasteiger partial charge in [0.05, 0.1) is 17.3 Å². The quantitative estimate of drug-likeness (QED) is 0.493. The second kappa shape index (κ2) is 5.57. The average molecular weight is 277 g/mol. The van der Waals surface area contributed by atoms with E-state index in [1.165, 1.54) is 18.3 Å². The third kappa shape index (κ3) is 2.69. The van der Waals surface area contributed by atoms with Crippen molar-refractivity contribution in [2.24, 2.45) is 5.84 Å². The Morgan fingerprint density at radius 1 is 1.50 bits per heavy atom. The highest BCUT2D eigenvalue weighted by Gasteiger charge is 2.21. The monoisotopic (exact) mass is 277 g/mol. The zero-order valence-corrected chi connectivity index (χ0v) is 11.1. The maximum absolute atomic E-state index is 11.1. The van der Waals surface area contributed by atoms with Crippen molar-refractivity contribution in [2.75, 3.05) is 5.43 Å². The van der Waals surface area contributed by atoms with Crippen LogP contribution in [-0.4, -0.2) is 14.7 Å². The number of nitrogens with one attached hydrogen (secondary N) is 1. The van der Waals surface area contributed by atoms with Crippen molar-refractivity contribution in [1.29, 1.82) is 0 Å². The van der Waals surface area contributed by atoms with Gasteiger partial charge in [-0.2, -0.15) is 5.10 Å². The molecule has 0 aliphatic carbocycles. The Hall–Kier alpha value is -2.61. The molecule has 0 atom stereocenters. The van der Waals surface area contributed by atoms with Gasteiger partial charge in [-0.3, -0.25) is 20.6 Å². The number of anilines is 1. The summed E-state index contributed by atoms with van der Waals surface area (Å²) in [6.45, 7) is 3.94. The summed E-state index contributed by atoms with van der Waals surface area (Å²) in [5, 5.41) is 15.2. The Morgan fingerprint density at radius 2 is 2.25 bits per heavy atom. The molecular formula is C12H15N5O3. The van der Waals surface area contributed by atoms with Gasteiger partial charge < -0.3 is 10.2 Å². The number of aromatic nitrogens is 2. The van der Waals surface area contributed by atoms with Crippen LogP contribution in [0.25, 0.3) is 0 Å². The van der Waals surface area contributed by atoms with Crippen molar-refractivity contribution in [3.05, 3.63) is 40.7 Å². The predicted octanol–water partition coefficient (Wildman–Crippen LogP) is 2.45. The van der Waals surface area contributed by atoms with Crippen molar-refractivity contribution >= 4 is 11.4 Å². The molecule has 0 amide bonds. The maximum Gasteiger partial charge on any atom is 0.335 e. The highest BCUT2D eigenvalue weighted by Crippen LogP contribution is 2.36. The molecule has 0 spiro atoms. The second-order valence-electron chi connectivity index (χ2n) is 4.41. The van der Waals surface area contributed by atoms with E-state index in [4.69, 9.17) is 10.6 Å². The molecule has 2 aromatic rings. The van der Waals surface area contributed by atoms with Gasteiger partial charge in [0.15, 0.2) is 5.75 Å². The Balaban J connectivity index is 2.35. The third-order valence-corrected chi connectivity index (χ3v) is 2.67. The van der Waals surface area contributed by atoms with Gasteiger partial charge in [-0.15, -0.1) is 0 Å². The number of hydrogen-bond acceptors (Lipinski definition) is 6. The molecule has 0 saturated heterocycles. The first-order valence-corrected chi connectivity index (χ1v) is 5.99. The molecule has 106 valence electrons. The maximum atomic E-state index is 11.1. The molecule has 20 heavy (non-hydrogen) atoms. The second-order valence-corrected chi connectivity index (χ2v) is 4.41. The average Bonchev–Trinajstić information content (AvgIpc) is 2.86. The van der Waals surface area contributed by atoms with E-state index in [1.54, 1.807) is 16.9 Å². The summed E-state index contributed by atoms with van der Waals surface area (Å²) in [5.41, 5.74) is 2.25. The van der Waals surface area contributed by atoms with E-state index < -0.39 is 4.92 Å². The summed E-state index contributed by atoms with van der Waals surface area (Å²) in [6.07, 6.45) is 3.18. The van der Waals surface area contributed by atoms with Crippen LogP contribution in [0.1, 0.15) is 19.9 Å². The number of ether oxygens (including phenoxy) is 1. The standard InChI is InChI=1S/C12H15N5O3/c1-8(2)16-7-9(6-14-16)20-11-5-3-4-10(15-13)12(11)17(18)19/h3-8,15H,13H2,1-2H3. The summed E-state index contributed by atoms with van der Waals surface area (Å²) in [5.74, 6) is 5.80. The molecule has 0 aliphatic rings. The van der Waals surface area contributed by atoms with Gasteiger partial charge >= 0.3 is 5.69 Å². The summed E-state index contributed by atoms with van der Waals surface area (Å²) >= 11 is 0. The topological polar surface area (TPSA) is 108 Å². The van der Waals surface area contributed by atoms with E-state index in [2.05, 4.69) is 10.5 Å². The fourth-order valence-corrected chi connectivity index (χ4v) is 1.69. The summed E-state index contributed by atoms with van der Waals surface area (Å²) in [6, 6.07) is 4.80. The zero-order valence-electron chi connectivity index (χ0n) is 11.1. The van der Waals surface area contributed by atoms with Crippen molar-refractivity contribution in [1.82, 2.24) is 9.78 Å². The van der Waals surface area contributed by atoms with Gasteiger partial charge in [-0.1, -0.05) is 6.07 Å². The van der Waals surface area contributed by atoms with Gasteiger partial charge in [-0.05, 0) is 26.0 Å². The smallest absolute Gasteiger partial charge is 0.335 e. The zero-order chi connectivity index (χ0) is 14.7. The minimum absolute atomic E-state index is 0.105. The van der Waals surface area contributed by atoms with Crippen molar-refractivity contribution in [3.8, 4) is 11.5 Å². The summed E-state index contributed by atoms with van der Waals surface area (Å²) < 4.78 is 7.22. The summed E-state index contributed by atoms with van der Waals surface area (Å²) in [7, 11) is 0. The molecule has 0 bridgehead atoms. The lowest BCUT2D eigenvalue weighted by molar-refractivity contribution is -0.384. The van der Waals surface area contributed by atoms with Crippen LogP contribution in [0.5, 0.6) is 11.5 Å². The van der Waals surface area contributed by atoms with Crippen molar-refractivity contribution < 1.29 is 9.66 Å². The highest BCUT2D eigenvalue weighted by molar-refractivity contribution is 5.68. The molecule has 2 rings (SSSR count). The minimum atomic E-state index is -0.544. The number of nitro groups is 1. The van der Waals surface area contributed by atoms with Gasteiger partial charge in [0.2, 0.25) is 5.75 Å². The van der Waals surface area contributed by atoms with Crippen molar-refractivity contribution in [2.45, 2.75) is 19.9 Å². The fraction of sp³-hybridized carbons (Fsp3) is 0.250. The van der Waals surface area contributed by atoms with Crippen LogP contribution in [0.2, 0.25) is 0 Å². The fourth-order valence-electron chi connectivity index (χ4n) is 1.69. The lowest BCUT2D eigenvalue weighted by atomic mass is 10.2. The lowest BCUT2D eigenvalue weighted by Crippen LogP contribution is -2.09. The Kier molecular flexibility index (Phi) is 3.85. The van der Waals surface area contributed by atoms with Crippen molar-refractivity contribution in [3.63, 3.8) is 0 Å². The normalized spacial score (nSPS) is 10.6. The third-order valence-electron chi connectivity index (χ3n) is 2.67. The van der Waals surface area contributed by atoms with Gasteiger partial charge in [-0.25, -0.2) is 0 Å². The van der Waals surface area contributed by atoms with E-state index >= 15 is 0 Å². The predicted molar refractivity (Wildman–Crippen MR) is 73.6 cm³/mol. The van der Waals surface area contributed by atoms with Crippen LogP contribution in [0.15, 0.2) is 30.6 Å². The van der Waals surface area contributed by atoms with E-state index in [-0.39, 0.29) is 23.2 Å². The van der Waals surface area contributed by atoms with E-state index in [1.807, 2.05) is 13.8 Å². The van der Waals surface area contributed by atoms with E-state index in [9.17, 15) is 10.1 Å². The molecule has 8 heteroatoms. The molecule has 3 N–H and O–H groups in total. The molecule has 1 heterocycles. The highest BCUT2D eigenvalue weighted by atomic mass is 16.6. The van der Waals surface area contributed by atoms with Crippen LogP contribution in [0, 0.1) is 10.1 Å². The number of hydrazine groups is 1. The van der Waals surface area contributed by atoms with Crippen LogP contribution in [0.4, 0.5) is 11.4 Å². The number of rotatable bonds is 5. The van der Waals surface area contributed by atoms with E-state index in [0.29, 0.717) is 5.75 Å². The molecule has 0 radical (unpaired) electrons. The van der Waals surface area contributed by atoms with Crippen LogP contribution in [0.3, 0.4) is 0 Å². The molecule has 0 saturated carbocycles. The number of nitrogens with two attached hydrogens (primary N) is 1. The van der Waals surface area contributed by atoms with Crippen LogP contribution < -0.4 is 16.0 Å². The molecule has 0 unspecified atom stereocenters. The Bertz CT molecular complexity index is 623. The Labute approximate surface area is 115 Å². The van der Waals surface area contributed by atoms with Gasteiger partial charge in [0, 0.05) is 6.04 Å². The van der Waals surface area contributed by atoms with E-state index in [0.717, 1.165) is 0 Å². The first kappa shape index (κ1) is 13.8. The molecule has 1 aromatic heterocycles. The minimum Gasteiger partial charge on any atom is -0.447 e. The largest absolute Gasteiger partial charge is 0.447 e. The summed E-state index contributed by atoms with van der Waals surface area (Å²) in [4.78, 5) is 10.6. The SMILES string of the molecule is CC(C)n1cc(Oc2cccc(NN)c2[N+](=O)[O-])cn1. The van der Waals surface area contributed by atoms with Crippen LogP contribution in [-0.2, 0) is 0 Å². The Morgan fingerprint density at radius 3 is 2.80 bits per heavy atom. The first-order chi connectivity index (χ1) is 9.52. The van der Waals surface area contributed by atoms with Gasteiger partial charge in [0.1, 0.15) is 5.69 Å². The molecule has 1 aromatic carbocycles. The molecular weight excluding hydrogens is 262 g/mol. The van der Waals surface area contributed by atoms with Gasteiger partial charge in [0.25, 0.3) is 0 Å². The number of nitrogen functional groups attached to an aromatic ring is 1.